The zero-order chi connectivity index (χ0) is 11.5. The van der Waals surface area contributed by atoms with E-state index in [4.69, 9.17) is 5.73 Å². The van der Waals surface area contributed by atoms with Crippen LogP contribution in [0.15, 0.2) is 0 Å². The molecular formula is C9H21N3O2S. The van der Waals surface area contributed by atoms with E-state index >= 15 is 0 Å². The predicted octanol–water partition coefficient (Wildman–Crippen LogP) is -0.100. The molecule has 0 aromatic carbocycles. The smallest absolute Gasteiger partial charge is 0.279 e. The summed E-state index contributed by atoms with van der Waals surface area (Å²) in [5.74, 6) is 0.308. The van der Waals surface area contributed by atoms with Crippen LogP contribution >= 0.6 is 0 Å². The second-order valence-electron chi connectivity index (χ2n) is 4.38. The van der Waals surface area contributed by atoms with Crippen molar-refractivity contribution >= 4 is 10.2 Å². The number of hydrogen-bond acceptors (Lipinski definition) is 3. The zero-order valence-corrected chi connectivity index (χ0v) is 10.3. The van der Waals surface area contributed by atoms with Gasteiger partial charge in [0, 0.05) is 19.1 Å². The van der Waals surface area contributed by atoms with Crippen LogP contribution in [0.5, 0.6) is 0 Å². The van der Waals surface area contributed by atoms with Crippen molar-refractivity contribution in [1.82, 2.24) is 9.03 Å². The van der Waals surface area contributed by atoms with Crippen molar-refractivity contribution in [2.24, 2.45) is 11.7 Å². The lowest BCUT2D eigenvalue weighted by atomic mass is 10.0. The van der Waals surface area contributed by atoms with E-state index in [1.54, 1.807) is 0 Å². The predicted molar refractivity (Wildman–Crippen MR) is 60.5 cm³/mol. The molecule has 1 heterocycles. The summed E-state index contributed by atoms with van der Waals surface area (Å²) in [6.45, 7) is 5.37. The Labute approximate surface area is 92.2 Å². The Kier molecular flexibility index (Phi) is 4.51. The summed E-state index contributed by atoms with van der Waals surface area (Å²) in [6.07, 6.45) is 1.94. The van der Waals surface area contributed by atoms with Crippen molar-refractivity contribution in [1.29, 1.82) is 0 Å². The summed E-state index contributed by atoms with van der Waals surface area (Å²) in [5, 5.41) is 0. The van der Waals surface area contributed by atoms with E-state index in [2.05, 4.69) is 4.72 Å². The average molecular weight is 235 g/mol. The van der Waals surface area contributed by atoms with Crippen molar-refractivity contribution in [3.05, 3.63) is 0 Å². The number of nitrogens with one attached hydrogen (secondary N) is 1. The second-order valence-corrected chi connectivity index (χ2v) is 6.08. The third kappa shape index (κ3) is 3.71. The van der Waals surface area contributed by atoms with Crippen LogP contribution in [0.4, 0.5) is 0 Å². The van der Waals surface area contributed by atoms with Crippen molar-refractivity contribution < 1.29 is 8.42 Å². The number of piperidine rings is 1. The second kappa shape index (κ2) is 5.25. The SMILES string of the molecule is CC(C)NS(=O)(=O)N1CCCC(CN)C1. The van der Waals surface area contributed by atoms with E-state index in [0.717, 1.165) is 12.8 Å². The minimum atomic E-state index is -3.30. The topological polar surface area (TPSA) is 75.4 Å². The van der Waals surface area contributed by atoms with Gasteiger partial charge in [-0.3, -0.25) is 0 Å². The standard InChI is InChI=1S/C9H21N3O2S/c1-8(2)11-15(13,14)12-5-3-4-9(6-10)7-12/h8-9,11H,3-7,10H2,1-2H3. The maximum atomic E-state index is 11.8. The van der Waals surface area contributed by atoms with Crippen LogP contribution in [-0.2, 0) is 10.2 Å². The van der Waals surface area contributed by atoms with Crippen LogP contribution in [0.1, 0.15) is 26.7 Å². The third-order valence-corrected chi connectivity index (χ3v) is 4.32. The van der Waals surface area contributed by atoms with Crippen molar-refractivity contribution in [2.75, 3.05) is 19.6 Å². The molecule has 0 amide bonds. The van der Waals surface area contributed by atoms with Gasteiger partial charge in [0.05, 0.1) is 0 Å². The highest BCUT2D eigenvalue weighted by atomic mass is 32.2. The molecule has 1 fully saturated rings. The summed E-state index contributed by atoms with van der Waals surface area (Å²) < 4.78 is 27.8. The van der Waals surface area contributed by atoms with Crippen LogP contribution in [0.25, 0.3) is 0 Å². The summed E-state index contributed by atoms with van der Waals surface area (Å²) in [6, 6.07) is -0.0618. The molecule has 0 aliphatic carbocycles. The van der Waals surface area contributed by atoms with Crippen molar-refractivity contribution in [3.8, 4) is 0 Å². The lowest BCUT2D eigenvalue weighted by Crippen LogP contribution is -2.48. The van der Waals surface area contributed by atoms with Gasteiger partial charge >= 0.3 is 0 Å². The molecule has 5 nitrogen and oxygen atoms in total. The summed E-state index contributed by atoms with van der Waals surface area (Å²) in [7, 11) is -3.30. The first-order valence-corrected chi connectivity index (χ1v) is 6.87. The van der Waals surface area contributed by atoms with E-state index in [1.807, 2.05) is 13.8 Å². The molecule has 0 bridgehead atoms. The van der Waals surface area contributed by atoms with Crippen LogP contribution in [0.2, 0.25) is 0 Å². The van der Waals surface area contributed by atoms with Crippen LogP contribution in [0, 0.1) is 5.92 Å². The first-order valence-electron chi connectivity index (χ1n) is 5.43. The maximum absolute atomic E-state index is 11.8. The molecule has 15 heavy (non-hydrogen) atoms. The van der Waals surface area contributed by atoms with Crippen LogP contribution in [0.3, 0.4) is 0 Å². The Hall–Kier alpha value is -0.170. The van der Waals surface area contributed by atoms with Crippen molar-refractivity contribution in [3.63, 3.8) is 0 Å². The Morgan fingerprint density at radius 2 is 2.20 bits per heavy atom. The Morgan fingerprint density at radius 3 is 2.73 bits per heavy atom. The normalized spacial score (nSPS) is 24.7. The lowest BCUT2D eigenvalue weighted by Gasteiger charge is -2.31. The molecule has 1 saturated heterocycles. The highest BCUT2D eigenvalue weighted by Crippen LogP contribution is 2.17. The van der Waals surface area contributed by atoms with Crippen molar-refractivity contribution in [2.45, 2.75) is 32.7 Å². The monoisotopic (exact) mass is 235 g/mol. The molecule has 90 valence electrons. The van der Waals surface area contributed by atoms with Gasteiger partial charge in [0.2, 0.25) is 0 Å². The highest BCUT2D eigenvalue weighted by molar-refractivity contribution is 7.87. The summed E-state index contributed by atoms with van der Waals surface area (Å²) >= 11 is 0. The molecule has 1 rings (SSSR count). The van der Waals surface area contributed by atoms with Gasteiger partial charge in [0.1, 0.15) is 0 Å². The highest BCUT2D eigenvalue weighted by Gasteiger charge is 2.28. The number of hydrogen-bond donors (Lipinski definition) is 2. The van der Waals surface area contributed by atoms with Gasteiger partial charge in [-0.2, -0.15) is 17.4 Å². The van der Waals surface area contributed by atoms with Gasteiger partial charge in [0.15, 0.2) is 0 Å². The van der Waals surface area contributed by atoms with E-state index in [0.29, 0.717) is 25.6 Å². The number of rotatable bonds is 4. The van der Waals surface area contributed by atoms with E-state index in [1.165, 1.54) is 4.31 Å². The fraction of sp³-hybridized carbons (Fsp3) is 1.00. The first-order chi connectivity index (χ1) is 6.95. The molecule has 0 spiro atoms. The molecule has 1 unspecified atom stereocenters. The fourth-order valence-electron chi connectivity index (χ4n) is 1.81. The first kappa shape index (κ1) is 12.9. The van der Waals surface area contributed by atoms with E-state index < -0.39 is 10.2 Å². The molecule has 0 saturated carbocycles. The molecule has 0 aromatic heterocycles. The lowest BCUT2D eigenvalue weighted by molar-refractivity contribution is 0.268. The Balaban J connectivity index is 2.62. The van der Waals surface area contributed by atoms with Gasteiger partial charge in [-0.05, 0) is 39.2 Å². The van der Waals surface area contributed by atoms with Crippen LogP contribution in [-0.4, -0.2) is 38.4 Å². The largest absolute Gasteiger partial charge is 0.330 e. The van der Waals surface area contributed by atoms with Gasteiger partial charge in [-0.1, -0.05) is 0 Å². The van der Waals surface area contributed by atoms with E-state index in [-0.39, 0.29) is 6.04 Å². The van der Waals surface area contributed by atoms with Gasteiger partial charge in [-0.15, -0.1) is 0 Å². The quantitative estimate of drug-likeness (QED) is 0.714. The molecule has 6 heteroatoms. The average Bonchev–Trinajstić information content (AvgIpc) is 2.16. The van der Waals surface area contributed by atoms with Gasteiger partial charge in [0.25, 0.3) is 10.2 Å². The Bertz CT molecular complexity index is 290. The van der Waals surface area contributed by atoms with E-state index in [9.17, 15) is 8.42 Å². The van der Waals surface area contributed by atoms with Gasteiger partial charge < -0.3 is 5.73 Å². The molecule has 3 N–H and O–H groups in total. The molecule has 0 aromatic rings. The molecule has 0 radical (unpaired) electrons. The van der Waals surface area contributed by atoms with Crippen LogP contribution < -0.4 is 10.5 Å². The summed E-state index contributed by atoms with van der Waals surface area (Å²) in [4.78, 5) is 0. The fourth-order valence-corrected chi connectivity index (χ4v) is 3.33. The molecule has 1 aliphatic heterocycles. The zero-order valence-electron chi connectivity index (χ0n) is 9.44. The number of nitrogens with zero attached hydrogens (tertiary/aromatic N) is 1. The maximum Gasteiger partial charge on any atom is 0.279 e. The minimum Gasteiger partial charge on any atom is -0.330 e. The number of nitrogens with two attached hydrogens (primary N) is 1. The van der Waals surface area contributed by atoms with Gasteiger partial charge in [-0.25, -0.2) is 0 Å². The molecule has 1 atom stereocenters. The Morgan fingerprint density at radius 1 is 1.53 bits per heavy atom. The molecular weight excluding hydrogens is 214 g/mol. The molecule has 1 aliphatic rings. The third-order valence-electron chi connectivity index (χ3n) is 2.54. The minimum absolute atomic E-state index is 0.0618. The summed E-state index contributed by atoms with van der Waals surface area (Å²) in [5.41, 5.74) is 5.57.